The summed E-state index contributed by atoms with van der Waals surface area (Å²) in [7, 11) is 1.48. The summed E-state index contributed by atoms with van der Waals surface area (Å²) in [6.07, 6.45) is 9.15. The lowest BCUT2D eigenvalue weighted by Crippen LogP contribution is -2.54. The molecule has 4 aliphatic carbocycles. The molecular weight excluding hydrogens is 599 g/mol. The molecule has 1 heterocycles. The highest BCUT2D eigenvalue weighted by atomic mass is 35.5. The van der Waals surface area contributed by atoms with Crippen molar-refractivity contribution in [2.75, 3.05) is 12.0 Å². The monoisotopic (exact) mass is 630 g/mol. The van der Waals surface area contributed by atoms with Crippen LogP contribution >= 0.6 is 23.2 Å². The quantitative estimate of drug-likeness (QED) is 0.213. The van der Waals surface area contributed by atoms with Gasteiger partial charge in [0.05, 0.1) is 17.8 Å². The Morgan fingerprint density at radius 3 is 2.16 bits per heavy atom. The number of anilines is 1. The fraction of sp³-hybridized carbons (Fsp3) is 0.343. The third-order valence-corrected chi connectivity index (χ3v) is 10.3. The number of nitrogens with zero attached hydrogens (tertiary/aromatic N) is 1. The number of urea groups is 1. The van der Waals surface area contributed by atoms with Crippen LogP contribution in [0.3, 0.4) is 0 Å². The molecule has 3 aromatic rings. The van der Waals surface area contributed by atoms with Crippen LogP contribution in [0.5, 0.6) is 11.5 Å². The van der Waals surface area contributed by atoms with Crippen LogP contribution in [-0.4, -0.2) is 25.0 Å². The van der Waals surface area contributed by atoms with Crippen molar-refractivity contribution in [2.45, 2.75) is 50.5 Å². The third-order valence-electron chi connectivity index (χ3n) is 9.74. The van der Waals surface area contributed by atoms with Gasteiger partial charge in [-0.15, -0.1) is 0 Å². The summed E-state index contributed by atoms with van der Waals surface area (Å²) in [6, 6.07) is 17.4. The van der Waals surface area contributed by atoms with Crippen LogP contribution in [0.15, 0.2) is 66.2 Å². The number of carbonyl (C=O) groups excluding carboxylic acids is 3. The smallest absolute Gasteiger partial charge is 0.335 e. The SMILES string of the molecule is COc1cc(/C=C2\C(=O)NC(=O)N(c3ccc(C45CC6CC(CC(C6)C4)C5)cc3)C2=O)cc(Cl)c1OCc1ccc(Cl)cc1. The summed E-state index contributed by atoms with van der Waals surface area (Å²) in [5, 5.41) is 3.17. The average molecular weight is 632 g/mol. The zero-order valence-corrected chi connectivity index (χ0v) is 25.8. The zero-order chi connectivity index (χ0) is 30.6. The van der Waals surface area contributed by atoms with E-state index in [-0.39, 0.29) is 22.6 Å². The molecule has 1 saturated heterocycles. The Morgan fingerprint density at radius 2 is 1.55 bits per heavy atom. The van der Waals surface area contributed by atoms with Crippen molar-refractivity contribution in [3.63, 3.8) is 0 Å². The lowest BCUT2D eigenvalue weighted by atomic mass is 9.48. The number of halogens is 2. The normalized spacial score (nSPS) is 26.7. The van der Waals surface area contributed by atoms with Gasteiger partial charge in [0.1, 0.15) is 12.2 Å². The molecule has 7 nitrogen and oxygen atoms in total. The number of rotatable bonds is 7. The molecule has 0 spiro atoms. The molecule has 0 atom stereocenters. The van der Waals surface area contributed by atoms with Crippen LogP contribution in [0, 0.1) is 17.8 Å². The molecule has 1 aliphatic heterocycles. The van der Waals surface area contributed by atoms with Gasteiger partial charge in [-0.1, -0.05) is 47.5 Å². The van der Waals surface area contributed by atoms with Crippen molar-refractivity contribution >= 4 is 52.8 Å². The summed E-state index contributed by atoms with van der Waals surface area (Å²) < 4.78 is 11.4. The van der Waals surface area contributed by atoms with Crippen molar-refractivity contribution in [3.05, 3.63) is 93.0 Å². The number of imide groups is 2. The van der Waals surface area contributed by atoms with Gasteiger partial charge >= 0.3 is 6.03 Å². The van der Waals surface area contributed by atoms with E-state index in [0.29, 0.717) is 27.8 Å². The van der Waals surface area contributed by atoms with E-state index in [9.17, 15) is 14.4 Å². The van der Waals surface area contributed by atoms with E-state index in [4.69, 9.17) is 32.7 Å². The van der Waals surface area contributed by atoms with E-state index >= 15 is 0 Å². The van der Waals surface area contributed by atoms with Crippen LogP contribution in [-0.2, 0) is 21.6 Å². The van der Waals surface area contributed by atoms with Crippen LogP contribution in [0.1, 0.15) is 55.2 Å². The maximum Gasteiger partial charge on any atom is 0.335 e. The molecule has 5 aliphatic rings. The van der Waals surface area contributed by atoms with Gasteiger partial charge in [-0.2, -0.15) is 0 Å². The first-order chi connectivity index (χ1) is 21.2. The van der Waals surface area contributed by atoms with Gasteiger partial charge < -0.3 is 9.47 Å². The Bertz CT molecular complexity index is 1650. The lowest BCUT2D eigenvalue weighted by molar-refractivity contribution is -0.122. The highest BCUT2D eigenvalue weighted by Crippen LogP contribution is 2.60. The van der Waals surface area contributed by atoms with Gasteiger partial charge in [-0.3, -0.25) is 14.9 Å². The van der Waals surface area contributed by atoms with E-state index in [0.717, 1.165) is 28.2 Å². The molecule has 9 heteroatoms. The summed E-state index contributed by atoms with van der Waals surface area (Å²) >= 11 is 12.5. The second-order valence-electron chi connectivity index (χ2n) is 12.7. The number of barbiturate groups is 1. The Hall–Kier alpha value is -3.81. The van der Waals surface area contributed by atoms with E-state index < -0.39 is 17.8 Å². The molecule has 44 heavy (non-hydrogen) atoms. The van der Waals surface area contributed by atoms with Crippen LogP contribution in [0.4, 0.5) is 10.5 Å². The van der Waals surface area contributed by atoms with Crippen LogP contribution in [0.25, 0.3) is 6.08 Å². The van der Waals surface area contributed by atoms with Crippen molar-refractivity contribution in [3.8, 4) is 11.5 Å². The third kappa shape index (κ3) is 5.26. The molecule has 0 radical (unpaired) electrons. The molecular formula is C35H32Cl2N2O5. The molecule has 3 aromatic carbocycles. The maximum absolute atomic E-state index is 13.6. The van der Waals surface area contributed by atoms with Gasteiger partial charge in [-0.05, 0) is 121 Å². The highest BCUT2D eigenvalue weighted by molar-refractivity contribution is 6.39. The molecule has 4 amide bonds. The summed E-state index contributed by atoms with van der Waals surface area (Å²) in [6.45, 7) is 0.229. The molecule has 4 saturated carbocycles. The second kappa shape index (κ2) is 11.3. The van der Waals surface area contributed by atoms with E-state index in [1.165, 1.54) is 57.3 Å². The number of hydrogen-bond donors (Lipinski definition) is 1. The molecule has 0 aromatic heterocycles. The maximum atomic E-state index is 13.6. The van der Waals surface area contributed by atoms with Gasteiger partial charge in [-0.25, -0.2) is 9.69 Å². The van der Waals surface area contributed by atoms with Crippen LogP contribution in [0.2, 0.25) is 10.0 Å². The summed E-state index contributed by atoms with van der Waals surface area (Å²) in [5.74, 6) is 1.59. The first kappa shape index (κ1) is 28.9. The lowest BCUT2D eigenvalue weighted by Gasteiger charge is -2.57. The molecule has 1 N–H and O–H groups in total. The number of benzene rings is 3. The average Bonchev–Trinajstić information content (AvgIpc) is 2.99. The molecule has 5 fully saturated rings. The first-order valence-corrected chi connectivity index (χ1v) is 15.7. The minimum atomic E-state index is -0.778. The van der Waals surface area contributed by atoms with Crippen LogP contribution < -0.4 is 19.7 Å². The Kier molecular flexibility index (Phi) is 7.42. The highest BCUT2D eigenvalue weighted by Gasteiger charge is 2.51. The second-order valence-corrected chi connectivity index (χ2v) is 13.5. The van der Waals surface area contributed by atoms with Crippen molar-refractivity contribution in [1.29, 1.82) is 0 Å². The number of hydrogen-bond acceptors (Lipinski definition) is 5. The van der Waals surface area contributed by atoms with Gasteiger partial charge in [0.2, 0.25) is 0 Å². The molecule has 226 valence electrons. The van der Waals surface area contributed by atoms with E-state index in [1.807, 2.05) is 24.3 Å². The number of amides is 4. The van der Waals surface area contributed by atoms with Gasteiger partial charge in [0, 0.05) is 5.02 Å². The first-order valence-electron chi connectivity index (χ1n) is 15.0. The summed E-state index contributed by atoms with van der Waals surface area (Å²) in [4.78, 5) is 40.4. The minimum absolute atomic E-state index is 0.192. The number of methoxy groups -OCH3 is 1. The topological polar surface area (TPSA) is 84.9 Å². The predicted octanol–water partition coefficient (Wildman–Crippen LogP) is 7.72. The molecule has 8 rings (SSSR count). The Balaban J connectivity index is 1.13. The number of nitrogens with one attached hydrogen (secondary N) is 1. The van der Waals surface area contributed by atoms with Crippen molar-refractivity contribution in [1.82, 2.24) is 5.32 Å². The number of carbonyl (C=O) groups is 3. The standard InChI is InChI=1S/C35H32Cl2N2O5/c1-43-30-15-21(14-29(37)31(30)44-19-20-2-6-26(36)7-3-20)13-28-32(40)38-34(42)39(33(28)41)27-8-4-25(5-9-27)35-16-22-10-23(17-35)12-24(11-22)18-35/h2-9,13-15,22-24H,10-12,16-19H2,1H3,(H,38,40,42)/b28-13+. The van der Waals surface area contributed by atoms with E-state index in [1.54, 1.807) is 24.3 Å². The Labute approximate surface area is 266 Å². The van der Waals surface area contributed by atoms with Gasteiger partial charge in [0.25, 0.3) is 11.8 Å². The Morgan fingerprint density at radius 1 is 0.909 bits per heavy atom. The van der Waals surface area contributed by atoms with E-state index in [2.05, 4.69) is 17.4 Å². The number of ether oxygens (including phenoxy) is 2. The fourth-order valence-electron chi connectivity index (χ4n) is 8.19. The van der Waals surface area contributed by atoms with Crippen molar-refractivity contribution < 1.29 is 23.9 Å². The fourth-order valence-corrected chi connectivity index (χ4v) is 8.59. The van der Waals surface area contributed by atoms with Gasteiger partial charge in [0.15, 0.2) is 11.5 Å². The molecule has 4 bridgehead atoms. The van der Waals surface area contributed by atoms with Crippen molar-refractivity contribution in [2.24, 2.45) is 17.8 Å². The minimum Gasteiger partial charge on any atom is -0.493 e. The largest absolute Gasteiger partial charge is 0.493 e. The molecule has 0 unspecified atom stereocenters. The predicted molar refractivity (Wildman–Crippen MR) is 169 cm³/mol. The summed E-state index contributed by atoms with van der Waals surface area (Å²) in [5.41, 5.74) is 3.04. The zero-order valence-electron chi connectivity index (χ0n) is 24.3.